The molecule has 0 spiro atoms. The molecule has 0 bridgehead atoms. The summed E-state index contributed by atoms with van der Waals surface area (Å²) in [6.07, 6.45) is 0.923. The minimum absolute atomic E-state index is 0.286. The van der Waals surface area contributed by atoms with Gasteiger partial charge in [0.05, 0.1) is 5.56 Å². The standard InChI is InChI=1S/C12H15FN4S/c1-17-11(9-5-2-3-6-10(9)13)15-16-12(17)18-8-4-7-14/h2-3,5-6H,4,7-8,14H2,1H3. The van der Waals surface area contributed by atoms with Crippen LogP contribution in [0.15, 0.2) is 29.4 Å². The Bertz CT molecular complexity index is 527. The lowest BCUT2D eigenvalue weighted by Gasteiger charge is -2.04. The van der Waals surface area contributed by atoms with Crippen LogP contribution in [0.3, 0.4) is 0 Å². The lowest BCUT2D eigenvalue weighted by Crippen LogP contribution is -2.01. The van der Waals surface area contributed by atoms with Crippen LogP contribution in [0.4, 0.5) is 4.39 Å². The van der Waals surface area contributed by atoms with Crippen LogP contribution in [0.5, 0.6) is 0 Å². The Hall–Kier alpha value is -1.40. The molecule has 1 aromatic carbocycles. The third kappa shape index (κ3) is 2.70. The second kappa shape index (κ2) is 5.97. The average molecular weight is 266 g/mol. The van der Waals surface area contributed by atoms with Gasteiger partial charge in [-0.1, -0.05) is 23.9 Å². The molecule has 0 unspecified atom stereocenters. The smallest absolute Gasteiger partial charge is 0.191 e. The van der Waals surface area contributed by atoms with E-state index in [4.69, 9.17) is 5.73 Å². The molecule has 0 atom stereocenters. The monoisotopic (exact) mass is 266 g/mol. The highest BCUT2D eigenvalue weighted by Gasteiger charge is 2.13. The van der Waals surface area contributed by atoms with Gasteiger partial charge in [-0.15, -0.1) is 10.2 Å². The van der Waals surface area contributed by atoms with E-state index in [9.17, 15) is 4.39 Å². The normalized spacial score (nSPS) is 10.8. The van der Waals surface area contributed by atoms with Crippen LogP contribution >= 0.6 is 11.8 Å². The lowest BCUT2D eigenvalue weighted by molar-refractivity contribution is 0.628. The number of halogens is 1. The molecule has 0 saturated heterocycles. The fourth-order valence-corrected chi connectivity index (χ4v) is 2.44. The van der Waals surface area contributed by atoms with E-state index >= 15 is 0 Å². The van der Waals surface area contributed by atoms with Crippen LogP contribution in [0.2, 0.25) is 0 Å². The average Bonchev–Trinajstić information content (AvgIpc) is 2.72. The van der Waals surface area contributed by atoms with Gasteiger partial charge in [-0.25, -0.2) is 4.39 Å². The molecular weight excluding hydrogens is 251 g/mol. The van der Waals surface area contributed by atoms with Gasteiger partial charge in [-0.2, -0.15) is 0 Å². The van der Waals surface area contributed by atoms with Crippen molar-refractivity contribution in [3.8, 4) is 11.4 Å². The fraction of sp³-hybridized carbons (Fsp3) is 0.333. The minimum Gasteiger partial charge on any atom is -0.330 e. The van der Waals surface area contributed by atoms with E-state index in [1.54, 1.807) is 34.5 Å². The van der Waals surface area contributed by atoms with Crippen LogP contribution in [0, 0.1) is 5.82 Å². The van der Waals surface area contributed by atoms with Gasteiger partial charge in [0.2, 0.25) is 0 Å². The predicted octanol–water partition coefficient (Wildman–Crippen LogP) is 2.06. The van der Waals surface area contributed by atoms with Crippen LogP contribution in [0.1, 0.15) is 6.42 Å². The second-order valence-electron chi connectivity index (χ2n) is 3.84. The molecule has 2 rings (SSSR count). The molecule has 0 aliphatic rings. The molecule has 1 aromatic heterocycles. The van der Waals surface area contributed by atoms with Gasteiger partial charge in [-0.05, 0) is 25.1 Å². The minimum atomic E-state index is -0.286. The first kappa shape index (κ1) is 13.0. The zero-order valence-electron chi connectivity index (χ0n) is 10.1. The molecule has 4 nitrogen and oxygen atoms in total. The fourth-order valence-electron chi connectivity index (χ4n) is 1.56. The van der Waals surface area contributed by atoms with Crippen LogP contribution in [0.25, 0.3) is 11.4 Å². The quantitative estimate of drug-likeness (QED) is 0.665. The Morgan fingerprint density at radius 2 is 2.11 bits per heavy atom. The molecule has 2 N–H and O–H groups in total. The zero-order chi connectivity index (χ0) is 13.0. The van der Waals surface area contributed by atoms with Crippen molar-refractivity contribution in [3.63, 3.8) is 0 Å². The van der Waals surface area contributed by atoms with Crippen molar-refractivity contribution in [2.24, 2.45) is 12.8 Å². The Balaban J connectivity index is 2.23. The second-order valence-corrected chi connectivity index (χ2v) is 4.90. The number of thioether (sulfide) groups is 1. The van der Waals surface area contributed by atoms with Gasteiger partial charge in [0.15, 0.2) is 11.0 Å². The maximum absolute atomic E-state index is 13.7. The lowest BCUT2D eigenvalue weighted by atomic mass is 10.2. The number of hydrogen-bond donors (Lipinski definition) is 1. The SMILES string of the molecule is Cn1c(SCCCN)nnc1-c1ccccc1F. The summed E-state index contributed by atoms with van der Waals surface area (Å²) in [5.41, 5.74) is 5.91. The molecule has 0 saturated carbocycles. The number of nitrogens with zero attached hydrogens (tertiary/aromatic N) is 3. The third-order valence-corrected chi connectivity index (χ3v) is 3.64. The van der Waals surface area contributed by atoms with Crippen molar-refractivity contribution in [2.45, 2.75) is 11.6 Å². The molecule has 1 heterocycles. The summed E-state index contributed by atoms with van der Waals surface area (Å²) < 4.78 is 15.5. The number of hydrogen-bond acceptors (Lipinski definition) is 4. The zero-order valence-corrected chi connectivity index (χ0v) is 11.0. The first-order valence-electron chi connectivity index (χ1n) is 5.71. The van der Waals surface area contributed by atoms with Crippen molar-refractivity contribution >= 4 is 11.8 Å². The summed E-state index contributed by atoms with van der Waals surface area (Å²) in [6, 6.07) is 6.57. The van der Waals surface area contributed by atoms with Gasteiger partial charge in [-0.3, -0.25) is 0 Å². The summed E-state index contributed by atoms with van der Waals surface area (Å²) in [7, 11) is 1.84. The van der Waals surface area contributed by atoms with Crippen molar-refractivity contribution in [1.82, 2.24) is 14.8 Å². The van der Waals surface area contributed by atoms with Crippen molar-refractivity contribution in [3.05, 3.63) is 30.1 Å². The van der Waals surface area contributed by atoms with E-state index in [1.165, 1.54) is 6.07 Å². The predicted molar refractivity (Wildman–Crippen MR) is 70.8 cm³/mol. The highest BCUT2D eigenvalue weighted by molar-refractivity contribution is 7.99. The van der Waals surface area contributed by atoms with Crippen molar-refractivity contribution in [1.29, 1.82) is 0 Å². The van der Waals surface area contributed by atoms with Crippen LogP contribution in [-0.2, 0) is 7.05 Å². The van der Waals surface area contributed by atoms with Crippen LogP contribution in [-0.4, -0.2) is 27.1 Å². The number of benzene rings is 1. The first-order valence-corrected chi connectivity index (χ1v) is 6.69. The van der Waals surface area contributed by atoms with Gasteiger partial charge in [0.25, 0.3) is 0 Å². The first-order chi connectivity index (χ1) is 8.74. The Kier molecular flexibility index (Phi) is 4.33. The van der Waals surface area contributed by atoms with E-state index in [0.717, 1.165) is 17.3 Å². The molecule has 0 aliphatic heterocycles. The molecule has 0 amide bonds. The molecule has 2 aromatic rings. The molecule has 6 heteroatoms. The summed E-state index contributed by atoms with van der Waals surface area (Å²) in [5.74, 6) is 1.15. The van der Waals surface area contributed by atoms with Gasteiger partial charge in [0, 0.05) is 12.8 Å². The van der Waals surface area contributed by atoms with E-state index in [1.807, 2.05) is 7.05 Å². The van der Waals surface area contributed by atoms with E-state index < -0.39 is 0 Å². The van der Waals surface area contributed by atoms with Gasteiger partial charge in [0.1, 0.15) is 5.82 Å². The largest absolute Gasteiger partial charge is 0.330 e. The molecule has 0 radical (unpaired) electrons. The Morgan fingerprint density at radius 1 is 1.33 bits per heavy atom. The van der Waals surface area contributed by atoms with Crippen molar-refractivity contribution < 1.29 is 4.39 Å². The summed E-state index contributed by atoms with van der Waals surface area (Å²) in [5, 5.41) is 8.90. The molecule has 96 valence electrons. The Morgan fingerprint density at radius 3 is 2.83 bits per heavy atom. The van der Waals surface area contributed by atoms with Crippen LogP contribution < -0.4 is 5.73 Å². The highest BCUT2D eigenvalue weighted by atomic mass is 32.2. The Labute approximate surface area is 109 Å². The summed E-state index contributed by atoms with van der Waals surface area (Å²) in [4.78, 5) is 0. The molecule has 0 fully saturated rings. The molecule has 0 aliphatic carbocycles. The number of nitrogens with two attached hydrogens (primary N) is 1. The van der Waals surface area contributed by atoms with E-state index in [-0.39, 0.29) is 5.82 Å². The topological polar surface area (TPSA) is 56.7 Å². The van der Waals surface area contributed by atoms with Gasteiger partial charge >= 0.3 is 0 Å². The number of rotatable bonds is 5. The molecule has 18 heavy (non-hydrogen) atoms. The van der Waals surface area contributed by atoms with E-state index in [2.05, 4.69) is 10.2 Å². The van der Waals surface area contributed by atoms with E-state index in [0.29, 0.717) is 17.9 Å². The third-order valence-electron chi connectivity index (χ3n) is 2.53. The maximum Gasteiger partial charge on any atom is 0.191 e. The number of aromatic nitrogens is 3. The highest BCUT2D eigenvalue weighted by Crippen LogP contribution is 2.24. The molecular formula is C12H15FN4S. The maximum atomic E-state index is 13.7. The van der Waals surface area contributed by atoms with Crippen molar-refractivity contribution in [2.75, 3.05) is 12.3 Å². The van der Waals surface area contributed by atoms with Gasteiger partial charge < -0.3 is 10.3 Å². The summed E-state index contributed by atoms with van der Waals surface area (Å²) >= 11 is 1.58. The summed E-state index contributed by atoms with van der Waals surface area (Å²) in [6.45, 7) is 0.658.